The Morgan fingerprint density at radius 1 is 1.13 bits per heavy atom. The zero-order valence-corrected chi connectivity index (χ0v) is 25.3. The van der Waals surface area contributed by atoms with E-state index in [0.29, 0.717) is 76.4 Å². The molecule has 17 heteroatoms. The number of carbonyl (C=O) groups excluding carboxylic acids is 3. The summed E-state index contributed by atoms with van der Waals surface area (Å²) >= 11 is 0. The summed E-state index contributed by atoms with van der Waals surface area (Å²) in [5.74, 6) is -0.662. The van der Waals surface area contributed by atoms with E-state index in [2.05, 4.69) is 41.9 Å². The van der Waals surface area contributed by atoms with Gasteiger partial charge in [0.05, 0.1) is 31.5 Å². The fraction of sp³-hybridized carbons (Fsp3) is 0.448. The van der Waals surface area contributed by atoms with Gasteiger partial charge >= 0.3 is 12.3 Å². The number of ether oxygens (including phenoxy) is 2. The minimum Gasteiger partial charge on any atom is -0.453 e. The minimum absolute atomic E-state index is 0.177. The lowest BCUT2D eigenvalue weighted by Gasteiger charge is -2.35. The van der Waals surface area contributed by atoms with Gasteiger partial charge in [-0.15, -0.1) is 5.10 Å². The van der Waals surface area contributed by atoms with Crippen LogP contribution in [-0.4, -0.2) is 113 Å². The first-order valence-corrected chi connectivity index (χ1v) is 14.6. The van der Waals surface area contributed by atoms with E-state index < -0.39 is 29.8 Å². The summed E-state index contributed by atoms with van der Waals surface area (Å²) in [5.41, 5.74) is 0.0547. The number of piperazine rings is 1. The van der Waals surface area contributed by atoms with Crippen LogP contribution in [0.15, 0.2) is 37.2 Å². The fourth-order valence-electron chi connectivity index (χ4n) is 5.33. The second-order valence-electron chi connectivity index (χ2n) is 10.8. The topological polar surface area (TPSA) is 147 Å². The van der Waals surface area contributed by atoms with Crippen LogP contribution in [0.5, 0.6) is 0 Å². The number of fused-ring (bicyclic) bond motifs is 1. The molecule has 46 heavy (non-hydrogen) atoms. The van der Waals surface area contributed by atoms with Crippen molar-refractivity contribution in [2.45, 2.75) is 25.7 Å². The molecule has 0 spiro atoms. The number of hydrogen-bond donors (Lipinski definition) is 2. The molecule has 2 saturated heterocycles. The maximum absolute atomic E-state index is 14.2. The number of pyridine rings is 1. The second kappa shape index (κ2) is 13.7. The van der Waals surface area contributed by atoms with Crippen molar-refractivity contribution in [2.24, 2.45) is 0 Å². The molecule has 2 fully saturated rings. The molecule has 0 radical (unpaired) electrons. The van der Waals surface area contributed by atoms with E-state index in [1.165, 1.54) is 4.52 Å². The van der Waals surface area contributed by atoms with Crippen molar-refractivity contribution in [3.63, 3.8) is 0 Å². The molecule has 2 aliphatic rings. The normalized spacial score (nSPS) is 16.6. The Bertz CT molecular complexity index is 1620. The molecule has 3 aromatic heterocycles. The Balaban J connectivity index is 1.42. The lowest BCUT2D eigenvalue weighted by Crippen LogP contribution is -2.53. The van der Waals surface area contributed by atoms with Gasteiger partial charge in [0.1, 0.15) is 17.4 Å². The van der Waals surface area contributed by atoms with Crippen LogP contribution in [0, 0.1) is 0 Å². The van der Waals surface area contributed by atoms with Crippen LogP contribution >= 0.6 is 0 Å². The van der Waals surface area contributed by atoms with Crippen LogP contribution in [-0.2, 0) is 31.8 Å². The first-order chi connectivity index (χ1) is 22.0. The Hall–Kier alpha value is -4.77. The van der Waals surface area contributed by atoms with Gasteiger partial charge in [0, 0.05) is 58.2 Å². The number of amides is 3. The number of nitrogens with zero attached hydrogens (tertiary/aromatic N) is 7. The van der Waals surface area contributed by atoms with Crippen LogP contribution in [0.1, 0.15) is 18.1 Å². The van der Waals surface area contributed by atoms with E-state index in [1.54, 1.807) is 18.0 Å². The molecule has 1 atom stereocenters. The highest BCUT2D eigenvalue weighted by Gasteiger charge is 2.36. The van der Waals surface area contributed by atoms with Gasteiger partial charge in [-0.25, -0.2) is 19.3 Å². The molecule has 0 bridgehead atoms. The van der Waals surface area contributed by atoms with E-state index in [-0.39, 0.29) is 23.1 Å². The van der Waals surface area contributed by atoms with Gasteiger partial charge in [-0.2, -0.15) is 13.2 Å². The maximum atomic E-state index is 14.2. The first-order valence-electron chi connectivity index (χ1n) is 14.6. The third kappa shape index (κ3) is 7.37. The molecule has 2 aliphatic heterocycles. The highest BCUT2D eigenvalue weighted by atomic mass is 19.4. The number of halogens is 3. The molecule has 5 heterocycles. The molecule has 0 saturated carbocycles. The number of alkyl halides is 3. The molecule has 5 rings (SSSR count). The molecule has 246 valence electrons. The monoisotopic (exact) mass is 645 g/mol. The Kier molecular flexibility index (Phi) is 9.71. The third-order valence-electron chi connectivity index (χ3n) is 7.68. The number of aromatic nitrogens is 4. The number of nitrogens with one attached hydrogen (secondary N) is 2. The fourth-order valence-corrected chi connectivity index (χ4v) is 5.33. The number of hydrogen-bond acceptors (Lipinski definition) is 10. The van der Waals surface area contributed by atoms with E-state index in [9.17, 15) is 27.6 Å². The molecule has 14 nitrogen and oxygen atoms in total. The summed E-state index contributed by atoms with van der Waals surface area (Å²) in [6.45, 7) is 9.49. The summed E-state index contributed by atoms with van der Waals surface area (Å²) in [6.07, 6.45) is -1.91. The SMILES string of the molecule is C=CC(=O)N[C@@H](C)C(=O)N1CCN(Cc2cc3c(N4CCOCC4)nc(-c4cnc(NC(=O)OC)cc4C(F)(F)F)nn3c2)CC1. The Morgan fingerprint density at radius 2 is 1.85 bits per heavy atom. The van der Waals surface area contributed by atoms with E-state index in [4.69, 9.17) is 4.74 Å². The summed E-state index contributed by atoms with van der Waals surface area (Å²) in [5, 5.41) is 9.21. The zero-order chi connectivity index (χ0) is 33.0. The number of anilines is 2. The largest absolute Gasteiger partial charge is 0.453 e. The Morgan fingerprint density at radius 3 is 2.50 bits per heavy atom. The van der Waals surface area contributed by atoms with Gasteiger partial charge in [0.2, 0.25) is 11.8 Å². The summed E-state index contributed by atoms with van der Waals surface area (Å²) in [6, 6.07) is 1.95. The first kappa shape index (κ1) is 32.6. The van der Waals surface area contributed by atoms with Crippen molar-refractivity contribution < 1.29 is 37.0 Å². The van der Waals surface area contributed by atoms with Crippen LogP contribution < -0.4 is 15.5 Å². The van der Waals surface area contributed by atoms with Crippen LogP contribution in [0.3, 0.4) is 0 Å². The highest BCUT2D eigenvalue weighted by Crippen LogP contribution is 2.38. The Labute approximate surface area is 262 Å². The van der Waals surface area contributed by atoms with Gasteiger partial charge in [0.15, 0.2) is 11.6 Å². The number of rotatable bonds is 8. The molecule has 0 unspecified atom stereocenters. The summed E-state index contributed by atoms with van der Waals surface area (Å²) < 4.78 is 54.2. The zero-order valence-electron chi connectivity index (χ0n) is 25.3. The summed E-state index contributed by atoms with van der Waals surface area (Å²) in [4.78, 5) is 50.3. The van der Waals surface area contributed by atoms with Crippen molar-refractivity contribution in [3.8, 4) is 11.4 Å². The van der Waals surface area contributed by atoms with E-state index in [1.807, 2.05) is 11.0 Å². The van der Waals surface area contributed by atoms with E-state index >= 15 is 0 Å². The number of morpholine rings is 1. The standard InChI is InChI=1S/C29H34F3N9O5/c1-4-24(42)34-18(2)27(43)40-7-5-38(6-8-40)16-19-13-22-26(39-9-11-46-12-10-39)36-25(37-41(22)17-19)20-15-33-23(35-28(44)45-3)14-21(20)29(30,31)32/h4,13-15,17-18H,1,5-12,16H2,2-3H3,(H,34,42)(H,33,35,44)/t18-/m0/s1. The highest BCUT2D eigenvalue weighted by molar-refractivity contribution is 5.92. The molecular formula is C29H34F3N9O5. The van der Waals surface area contributed by atoms with Gasteiger partial charge in [-0.1, -0.05) is 6.58 Å². The molecule has 3 aromatic rings. The maximum Gasteiger partial charge on any atom is 0.417 e. The van der Waals surface area contributed by atoms with Crippen molar-refractivity contribution in [1.29, 1.82) is 0 Å². The average molecular weight is 646 g/mol. The lowest BCUT2D eigenvalue weighted by atomic mass is 10.1. The van der Waals surface area contributed by atoms with Crippen LogP contribution in [0.25, 0.3) is 16.9 Å². The summed E-state index contributed by atoms with van der Waals surface area (Å²) in [7, 11) is 1.09. The lowest BCUT2D eigenvalue weighted by molar-refractivity contribution is -0.137. The van der Waals surface area contributed by atoms with Crippen molar-refractivity contribution in [3.05, 3.63) is 48.3 Å². The van der Waals surface area contributed by atoms with Gasteiger partial charge in [-0.05, 0) is 30.7 Å². The van der Waals surface area contributed by atoms with Crippen molar-refractivity contribution >= 4 is 35.1 Å². The third-order valence-corrected chi connectivity index (χ3v) is 7.68. The predicted molar refractivity (Wildman–Crippen MR) is 160 cm³/mol. The molecule has 2 N–H and O–H groups in total. The average Bonchev–Trinajstić information content (AvgIpc) is 3.46. The molecule has 3 amide bonds. The second-order valence-corrected chi connectivity index (χ2v) is 10.8. The predicted octanol–water partition coefficient (Wildman–Crippen LogP) is 2.16. The minimum atomic E-state index is -4.80. The van der Waals surface area contributed by atoms with Crippen LogP contribution in [0.4, 0.5) is 29.6 Å². The van der Waals surface area contributed by atoms with Crippen molar-refractivity contribution in [2.75, 3.05) is 69.8 Å². The van der Waals surface area contributed by atoms with E-state index in [0.717, 1.165) is 24.9 Å². The van der Waals surface area contributed by atoms with Gasteiger partial charge in [-0.3, -0.25) is 19.8 Å². The van der Waals surface area contributed by atoms with Crippen LogP contribution in [0.2, 0.25) is 0 Å². The number of methoxy groups -OCH3 is 1. The quantitative estimate of drug-likeness (QED) is 0.350. The molecule has 0 aliphatic carbocycles. The molecular weight excluding hydrogens is 611 g/mol. The van der Waals surface area contributed by atoms with Crippen molar-refractivity contribution in [1.82, 2.24) is 34.7 Å². The smallest absolute Gasteiger partial charge is 0.417 e. The molecule has 0 aromatic carbocycles. The van der Waals surface area contributed by atoms with Gasteiger partial charge in [0.25, 0.3) is 0 Å². The number of carbonyl (C=O) groups is 3. The van der Waals surface area contributed by atoms with Gasteiger partial charge < -0.3 is 24.6 Å².